The van der Waals surface area contributed by atoms with Gasteiger partial charge in [-0.15, -0.1) is 8.78 Å². The fraction of sp³-hybridized carbons (Fsp3) is 0.360. The monoisotopic (exact) mass is 499 g/mol. The lowest BCUT2D eigenvalue weighted by molar-refractivity contribution is -0.286. The third-order valence-electron chi connectivity index (χ3n) is 6.14. The fourth-order valence-electron chi connectivity index (χ4n) is 4.30. The molecule has 1 aromatic carbocycles. The predicted octanol–water partition coefficient (Wildman–Crippen LogP) is 5.65. The van der Waals surface area contributed by atoms with Crippen LogP contribution in [-0.2, 0) is 0 Å². The van der Waals surface area contributed by atoms with Crippen molar-refractivity contribution in [2.24, 2.45) is 0 Å². The molecule has 10 heteroatoms. The van der Waals surface area contributed by atoms with Gasteiger partial charge in [0.2, 0.25) is 0 Å². The molecule has 1 fully saturated rings. The SMILES string of the molecule is CCCSN1CCC(N/C=C(\C=N)c2cnc3[nH]cc(-c4ccc5c(c4)OC(F)(F)O5)c3c2)CC1. The smallest absolute Gasteiger partial charge is 0.395 e. The minimum Gasteiger partial charge on any atom is -0.395 e. The van der Waals surface area contributed by atoms with E-state index in [-0.39, 0.29) is 11.5 Å². The first-order valence-electron chi connectivity index (χ1n) is 11.7. The van der Waals surface area contributed by atoms with Crippen molar-refractivity contribution in [3.8, 4) is 22.6 Å². The molecule has 7 nitrogen and oxygen atoms in total. The summed E-state index contributed by atoms with van der Waals surface area (Å²) in [5.74, 6) is 1.16. The zero-order valence-electron chi connectivity index (χ0n) is 19.3. The van der Waals surface area contributed by atoms with Gasteiger partial charge in [-0.3, -0.25) is 4.31 Å². The summed E-state index contributed by atoms with van der Waals surface area (Å²) in [6.07, 6.45) is 6.36. The van der Waals surface area contributed by atoms with Crippen molar-refractivity contribution in [3.05, 3.63) is 48.4 Å². The van der Waals surface area contributed by atoms with Gasteiger partial charge in [-0.2, -0.15) is 0 Å². The van der Waals surface area contributed by atoms with E-state index in [9.17, 15) is 8.78 Å². The van der Waals surface area contributed by atoms with Gasteiger partial charge in [-0.1, -0.05) is 24.9 Å². The summed E-state index contributed by atoms with van der Waals surface area (Å²) in [7, 11) is 0. The summed E-state index contributed by atoms with van der Waals surface area (Å²) in [6.45, 7) is 4.31. The first-order chi connectivity index (χ1) is 17.0. The van der Waals surface area contributed by atoms with Crippen molar-refractivity contribution in [2.75, 3.05) is 18.8 Å². The van der Waals surface area contributed by atoms with Crippen LogP contribution >= 0.6 is 11.9 Å². The zero-order valence-corrected chi connectivity index (χ0v) is 20.1. The van der Waals surface area contributed by atoms with E-state index in [0.29, 0.717) is 17.3 Å². The lowest BCUT2D eigenvalue weighted by Gasteiger charge is -2.31. The van der Waals surface area contributed by atoms with Crippen molar-refractivity contribution >= 4 is 34.8 Å². The van der Waals surface area contributed by atoms with E-state index < -0.39 is 6.29 Å². The highest BCUT2D eigenvalue weighted by Crippen LogP contribution is 2.43. The van der Waals surface area contributed by atoms with E-state index in [1.165, 1.54) is 24.8 Å². The minimum atomic E-state index is -3.66. The Labute approximate surface area is 206 Å². The number of rotatable bonds is 8. The van der Waals surface area contributed by atoms with E-state index in [4.69, 9.17) is 5.41 Å². The van der Waals surface area contributed by atoms with Crippen molar-refractivity contribution in [3.63, 3.8) is 0 Å². The molecule has 1 saturated heterocycles. The van der Waals surface area contributed by atoms with Crippen LogP contribution in [0.4, 0.5) is 8.78 Å². The normalized spacial score (nSPS) is 18.2. The molecule has 0 spiro atoms. The highest BCUT2D eigenvalue weighted by molar-refractivity contribution is 7.97. The standard InChI is InChI=1S/C25H27F2N5O2S/c1-2-9-35-32-7-5-19(6-8-32)29-14-18(12-28)17-10-20-21(15-31-24(20)30-13-17)16-3-4-22-23(11-16)34-25(26,27)33-22/h3-4,10-15,19,28-29H,2,5-9H2,1H3,(H,30,31)/b18-14+,28-12?. The van der Waals surface area contributed by atoms with Gasteiger partial charge in [0.05, 0.1) is 0 Å². The summed E-state index contributed by atoms with van der Waals surface area (Å²) in [6, 6.07) is 7.04. The van der Waals surface area contributed by atoms with Crippen LogP contribution in [-0.4, -0.2) is 51.7 Å². The number of piperidine rings is 1. The van der Waals surface area contributed by atoms with Gasteiger partial charge in [0, 0.05) is 71.8 Å². The number of benzene rings is 1. The second kappa shape index (κ2) is 9.87. The van der Waals surface area contributed by atoms with Crippen molar-refractivity contribution in [1.29, 1.82) is 5.41 Å². The van der Waals surface area contributed by atoms with E-state index in [1.807, 2.05) is 24.2 Å². The second-order valence-electron chi connectivity index (χ2n) is 8.60. The summed E-state index contributed by atoms with van der Waals surface area (Å²) < 4.78 is 38.4. The number of fused-ring (bicyclic) bond motifs is 2. The van der Waals surface area contributed by atoms with E-state index in [2.05, 4.69) is 36.0 Å². The lowest BCUT2D eigenvalue weighted by atomic mass is 10.0. The minimum absolute atomic E-state index is 0.00520. The topological polar surface area (TPSA) is 86.3 Å². The summed E-state index contributed by atoms with van der Waals surface area (Å²) >= 11 is 1.92. The molecule has 35 heavy (non-hydrogen) atoms. The van der Waals surface area contributed by atoms with Crippen LogP contribution in [0.15, 0.2) is 42.9 Å². The summed E-state index contributed by atoms with van der Waals surface area (Å²) in [5, 5.41) is 12.3. The Hall–Kier alpha value is -3.11. The highest BCUT2D eigenvalue weighted by Gasteiger charge is 2.43. The van der Waals surface area contributed by atoms with Crippen LogP contribution in [0.2, 0.25) is 0 Å². The Morgan fingerprint density at radius 3 is 2.86 bits per heavy atom. The number of alkyl halides is 2. The molecule has 2 aromatic heterocycles. The molecule has 3 aromatic rings. The molecule has 2 aliphatic rings. The van der Waals surface area contributed by atoms with Gasteiger partial charge >= 0.3 is 6.29 Å². The Bertz CT molecular complexity index is 1250. The summed E-state index contributed by atoms with van der Waals surface area (Å²) in [5.41, 5.74) is 3.68. The molecule has 4 heterocycles. The summed E-state index contributed by atoms with van der Waals surface area (Å²) in [4.78, 5) is 7.64. The fourth-order valence-corrected chi connectivity index (χ4v) is 5.21. The molecular weight excluding hydrogens is 472 g/mol. The van der Waals surface area contributed by atoms with Gasteiger partial charge in [0.15, 0.2) is 11.5 Å². The third-order valence-corrected chi connectivity index (χ3v) is 7.46. The molecule has 0 aliphatic carbocycles. The van der Waals surface area contributed by atoms with Crippen molar-refractivity contribution < 1.29 is 18.3 Å². The van der Waals surface area contributed by atoms with Crippen LogP contribution in [0, 0.1) is 5.41 Å². The molecule has 0 bridgehead atoms. The van der Waals surface area contributed by atoms with Crippen LogP contribution in [0.3, 0.4) is 0 Å². The first kappa shape index (κ1) is 23.6. The van der Waals surface area contributed by atoms with Crippen LogP contribution in [0.25, 0.3) is 27.7 Å². The van der Waals surface area contributed by atoms with Gasteiger partial charge < -0.3 is 25.2 Å². The number of aromatic nitrogens is 2. The maximum Gasteiger partial charge on any atom is 0.586 e. The predicted molar refractivity (Wildman–Crippen MR) is 135 cm³/mol. The van der Waals surface area contributed by atoms with Crippen molar-refractivity contribution in [1.82, 2.24) is 19.6 Å². The Balaban J connectivity index is 1.34. The van der Waals surface area contributed by atoms with E-state index in [0.717, 1.165) is 53.8 Å². The average molecular weight is 500 g/mol. The van der Waals surface area contributed by atoms with Crippen LogP contribution in [0.5, 0.6) is 11.5 Å². The third kappa shape index (κ3) is 5.13. The molecule has 5 rings (SSSR count). The van der Waals surface area contributed by atoms with Gasteiger partial charge in [-0.25, -0.2) is 4.98 Å². The highest BCUT2D eigenvalue weighted by atomic mass is 32.2. The zero-order chi connectivity index (χ0) is 24.4. The molecule has 0 amide bonds. The Morgan fingerprint density at radius 2 is 2.09 bits per heavy atom. The molecule has 0 radical (unpaired) electrons. The van der Waals surface area contributed by atoms with Crippen molar-refractivity contribution in [2.45, 2.75) is 38.5 Å². The number of hydrogen-bond acceptors (Lipinski definition) is 7. The number of H-pyrrole nitrogens is 1. The number of hydrogen-bond donors (Lipinski definition) is 3. The van der Waals surface area contributed by atoms with E-state index in [1.54, 1.807) is 18.5 Å². The number of halogens is 2. The number of nitrogens with zero attached hydrogens (tertiary/aromatic N) is 2. The number of pyridine rings is 1. The number of allylic oxidation sites excluding steroid dienone is 1. The molecular formula is C25H27F2N5O2S. The van der Waals surface area contributed by atoms with E-state index >= 15 is 0 Å². The Morgan fingerprint density at radius 1 is 1.29 bits per heavy atom. The molecule has 3 N–H and O–H groups in total. The molecule has 2 aliphatic heterocycles. The van der Waals surface area contributed by atoms with Gasteiger partial charge in [0.25, 0.3) is 0 Å². The van der Waals surface area contributed by atoms with Crippen LogP contribution < -0.4 is 14.8 Å². The van der Waals surface area contributed by atoms with Gasteiger partial charge in [0.1, 0.15) is 5.65 Å². The largest absolute Gasteiger partial charge is 0.586 e. The van der Waals surface area contributed by atoms with Gasteiger partial charge in [-0.05, 0) is 43.0 Å². The second-order valence-corrected chi connectivity index (χ2v) is 9.78. The maximum atomic E-state index is 13.4. The first-order valence-corrected chi connectivity index (χ1v) is 12.6. The quantitative estimate of drug-likeness (QED) is 0.274. The molecule has 0 atom stereocenters. The number of aromatic amines is 1. The molecule has 184 valence electrons. The maximum absolute atomic E-state index is 13.4. The lowest BCUT2D eigenvalue weighted by Crippen LogP contribution is -2.38. The molecule has 0 unspecified atom stereocenters. The number of ether oxygens (including phenoxy) is 2. The molecule has 0 saturated carbocycles. The average Bonchev–Trinajstić information content (AvgIpc) is 3.42. The van der Waals surface area contributed by atoms with Crippen LogP contribution in [0.1, 0.15) is 31.7 Å². The number of nitrogens with one attached hydrogen (secondary N) is 3. The Kier molecular flexibility index (Phi) is 6.66.